The van der Waals surface area contributed by atoms with E-state index in [0.717, 1.165) is 11.1 Å². The fraction of sp³-hybridized carbons (Fsp3) is 0.286. The molecule has 1 atom stereocenters. The summed E-state index contributed by atoms with van der Waals surface area (Å²) >= 11 is 0. The van der Waals surface area contributed by atoms with Gasteiger partial charge in [-0.25, -0.2) is 5.01 Å². The standard InChI is InChI=1S/C21H20N4O6/c1-12-7-15-8-18-19(31-11-30-18)9-17(15)21(14-3-5-16(6-4-14)25(28)29)23-24(12)20(27)10-22-13(2)26/h3-6,8-9,12H,7,10-11H2,1-2H3,(H,22,26). The summed E-state index contributed by atoms with van der Waals surface area (Å²) in [7, 11) is 0. The number of carbonyl (C=O) groups is 2. The van der Waals surface area contributed by atoms with E-state index in [0.29, 0.717) is 29.2 Å². The van der Waals surface area contributed by atoms with Gasteiger partial charge in [-0.2, -0.15) is 5.10 Å². The van der Waals surface area contributed by atoms with Gasteiger partial charge >= 0.3 is 0 Å². The Morgan fingerprint density at radius 3 is 2.55 bits per heavy atom. The molecule has 10 heteroatoms. The van der Waals surface area contributed by atoms with Crippen LogP contribution in [0.1, 0.15) is 30.5 Å². The predicted octanol–water partition coefficient (Wildman–Crippen LogP) is 1.99. The number of hydrogen-bond donors (Lipinski definition) is 1. The lowest BCUT2D eigenvalue weighted by molar-refractivity contribution is -0.384. The number of nitro groups is 1. The molecular weight excluding hydrogens is 404 g/mol. The van der Waals surface area contributed by atoms with Crippen molar-refractivity contribution in [1.29, 1.82) is 0 Å². The van der Waals surface area contributed by atoms with Gasteiger partial charge in [0, 0.05) is 30.2 Å². The Balaban J connectivity index is 1.81. The fourth-order valence-electron chi connectivity index (χ4n) is 3.58. The lowest BCUT2D eigenvalue weighted by Crippen LogP contribution is -2.41. The van der Waals surface area contributed by atoms with Gasteiger partial charge in [0.2, 0.25) is 12.7 Å². The van der Waals surface area contributed by atoms with Gasteiger partial charge < -0.3 is 14.8 Å². The SMILES string of the molecule is CC(=O)NCC(=O)N1N=C(c2ccc([N+](=O)[O-])cc2)c2cc3c(cc2CC1C)OCO3. The number of nitro benzene ring substituents is 1. The van der Waals surface area contributed by atoms with Crippen molar-refractivity contribution in [1.82, 2.24) is 10.3 Å². The second kappa shape index (κ2) is 8.05. The molecule has 4 rings (SSSR count). The molecule has 10 nitrogen and oxygen atoms in total. The maximum absolute atomic E-state index is 12.8. The van der Waals surface area contributed by atoms with Crippen molar-refractivity contribution in [3.8, 4) is 11.5 Å². The van der Waals surface area contributed by atoms with E-state index in [1.54, 1.807) is 12.1 Å². The van der Waals surface area contributed by atoms with Crippen molar-refractivity contribution in [3.05, 3.63) is 63.2 Å². The number of carbonyl (C=O) groups excluding carboxylic acids is 2. The first kappa shape index (κ1) is 20.3. The van der Waals surface area contributed by atoms with Crippen LogP contribution in [0.5, 0.6) is 11.5 Å². The number of nitrogens with zero attached hydrogens (tertiary/aromatic N) is 3. The molecule has 0 aromatic heterocycles. The molecule has 0 bridgehead atoms. The summed E-state index contributed by atoms with van der Waals surface area (Å²) in [5.41, 5.74) is 2.69. The first-order chi connectivity index (χ1) is 14.8. The highest BCUT2D eigenvalue weighted by Crippen LogP contribution is 2.37. The minimum atomic E-state index is -0.476. The van der Waals surface area contributed by atoms with E-state index >= 15 is 0 Å². The summed E-state index contributed by atoms with van der Waals surface area (Å²) in [6.45, 7) is 3.14. The summed E-state index contributed by atoms with van der Waals surface area (Å²) in [4.78, 5) is 34.6. The van der Waals surface area contributed by atoms with Crippen molar-refractivity contribution in [3.63, 3.8) is 0 Å². The van der Waals surface area contributed by atoms with Gasteiger partial charge in [0.05, 0.1) is 23.2 Å². The number of non-ortho nitro benzene ring substituents is 1. The van der Waals surface area contributed by atoms with Gasteiger partial charge in [-0.15, -0.1) is 0 Å². The van der Waals surface area contributed by atoms with Gasteiger partial charge in [-0.05, 0) is 43.2 Å². The van der Waals surface area contributed by atoms with Crippen molar-refractivity contribution in [2.24, 2.45) is 5.10 Å². The molecule has 31 heavy (non-hydrogen) atoms. The van der Waals surface area contributed by atoms with E-state index in [1.165, 1.54) is 24.1 Å². The van der Waals surface area contributed by atoms with Crippen LogP contribution in [0.4, 0.5) is 5.69 Å². The molecule has 160 valence electrons. The van der Waals surface area contributed by atoms with E-state index in [2.05, 4.69) is 10.4 Å². The highest BCUT2D eigenvalue weighted by Gasteiger charge is 2.29. The zero-order valence-corrected chi connectivity index (χ0v) is 17.0. The second-order valence-corrected chi connectivity index (χ2v) is 7.32. The lowest BCUT2D eigenvalue weighted by Gasteiger charge is -2.23. The van der Waals surface area contributed by atoms with E-state index in [9.17, 15) is 19.7 Å². The Bertz CT molecular complexity index is 1100. The third kappa shape index (κ3) is 4.04. The fourth-order valence-corrected chi connectivity index (χ4v) is 3.58. The van der Waals surface area contributed by atoms with Crippen LogP contribution in [0.15, 0.2) is 41.5 Å². The molecule has 0 saturated carbocycles. The highest BCUT2D eigenvalue weighted by atomic mass is 16.7. The number of rotatable bonds is 4. The average molecular weight is 424 g/mol. The Morgan fingerprint density at radius 1 is 1.23 bits per heavy atom. The summed E-state index contributed by atoms with van der Waals surface area (Å²) in [6, 6.07) is 9.36. The summed E-state index contributed by atoms with van der Waals surface area (Å²) in [5.74, 6) is 0.505. The highest BCUT2D eigenvalue weighted by molar-refractivity contribution is 6.14. The molecule has 0 spiro atoms. The summed E-state index contributed by atoms with van der Waals surface area (Å²) in [5, 5.41) is 19.5. The predicted molar refractivity (Wildman–Crippen MR) is 110 cm³/mol. The zero-order valence-electron chi connectivity index (χ0n) is 17.0. The molecule has 2 heterocycles. The normalized spacial score (nSPS) is 16.8. The molecular formula is C21H20N4O6. The molecule has 1 N–H and O–H groups in total. The third-order valence-electron chi connectivity index (χ3n) is 5.09. The molecule has 2 aliphatic rings. The third-order valence-corrected chi connectivity index (χ3v) is 5.09. The molecule has 0 radical (unpaired) electrons. The minimum Gasteiger partial charge on any atom is -0.454 e. The molecule has 0 saturated heterocycles. The second-order valence-electron chi connectivity index (χ2n) is 7.32. The molecule has 2 aromatic carbocycles. The van der Waals surface area contributed by atoms with Crippen molar-refractivity contribution in [2.45, 2.75) is 26.3 Å². The Kier molecular flexibility index (Phi) is 5.28. The Labute approximate surface area is 177 Å². The maximum atomic E-state index is 12.8. The monoisotopic (exact) mass is 424 g/mol. The van der Waals surface area contributed by atoms with Gasteiger partial charge in [0.15, 0.2) is 11.5 Å². The van der Waals surface area contributed by atoms with E-state index in [-0.39, 0.29) is 36.9 Å². The number of benzene rings is 2. The number of hydrazone groups is 1. The molecule has 0 aliphatic carbocycles. The van der Waals surface area contributed by atoms with Crippen molar-refractivity contribution < 1.29 is 24.0 Å². The van der Waals surface area contributed by atoms with Crippen LogP contribution in [-0.4, -0.2) is 46.8 Å². The number of hydrogen-bond acceptors (Lipinski definition) is 7. The quantitative estimate of drug-likeness (QED) is 0.591. The van der Waals surface area contributed by atoms with E-state index in [1.807, 2.05) is 19.1 Å². The van der Waals surface area contributed by atoms with Crippen LogP contribution in [0.25, 0.3) is 0 Å². The van der Waals surface area contributed by atoms with Gasteiger partial charge in [-0.3, -0.25) is 19.7 Å². The molecule has 2 amide bonds. The van der Waals surface area contributed by atoms with E-state index in [4.69, 9.17) is 9.47 Å². The smallest absolute Gasteiger partial charge is 0.269 e. The number of amides is 2. The maximum Gasteiger partial charge on any atom is 0.269 e. The van der Waals surface area contributed by atoms with Crippen LogP contribution in [0.2, 0.25) is 0 Å². The summed E-state index contributed by atoms with van der Waals surface area (Å²) in [6.07, 6.45) is 0.498. The Hall–Kier alpha value is -3.95. The van der Waals surface area contributed by atoms with Crippen LogP contribution >= 0.6 is 0 Å². The minimum absolute atomic E-state index is 0.0455. The molecule has 0 fully saturated rings. The van der Waals surface area contributed by atoms with Crippen molar-refractivity contribution >= 4 is 23.2 Å². The van der Waals surface area contributed by atoms with Crippen LogP contribution < -0.4 is 14.8 Å². The summed E-state index contributed by atoms with van der Waals surface area (Å²) < 4.78 is 11.0. The van der Waals surface area contributed by atoms with Crippen LogP contribution in [0, 0.1) is 10.1 Å². The molecule has 2 aromatic rings. The molecule has 1 unspecified atom stereocenters. The number of ether oxygens (including phenoxy) is 2. The molecule has 2 aliphatic heterocycles. The van der Waals surface area contributed by atoms with Gasteiger partial charge in [-0.1, -0.05) is 0 Å². The zero-order chi connectivity index (χ0) is 22.1. The average Bonchev–Trinajstić information content (AvgIpc) is 3.14. The largest absolute Gasteiger partial charge is 0.454 e. The topological polar surface area (TPSA) is 123 Å². The van der Waals surface area contributed by atoms with Gasteiger partial charge in [0.1, 0.15) is 0 Å². The number of fused-ring (bicyclic) bond motifs is 2. The first-order valence-electron chi connectivity index (χ1n) is 9.66. The van der Waals surface area contributed by atoms with Crippen LogP contribution in [-0.2, 0) is 16.0 Å². The Morgan fingerprint density at radius 2 is 1.90 bits per heavy atom. The van der Waals surface area contributed by atoms with Crippen LogP contribution in [0.3, 0.4) is 0 Å². The number of nitrogens with one attached hydrogen (secondary N) is 1. The van der Waals surface area contributed by atoms with Gasteiger partial charge in [0.25, 0.3) is 11.6 Å². The first-order valence-corrected chi connectivity index (χ1v) is 9.66. The van der Waals surface area contributed by atoms with E-state index < -0.39 is 4.92 Å². The lowest BCUT2D eigenvalue weighted by atomic mass is 9.94. The van der Waals surface area contributed by atoms with Crippen molar-refractivity contribution in [2.75, 3.05) is 13.3 Å².